The molecule has 11 heteroatoms. The summed E-state index contributed by atoms with van der Waals surface area (Å²) in [7, 11) is -4.95. The standard InChI is InChI=1S/C8H16NO9P/c1-3(11)9-5-6(12)7(18-19(14,15)16)4(2-10)17-8(5)13/h4-8,10,12-13H,2H2,1H3,(H,9,11)(H2,14,15,16)/t4-,5-,6-,7-,8+/m1/s1. The van der Waals surface area contributed by atoms with Crippen LogP contribution in [-0.2, 0) is 18.6 Å². The first-order chi connectivity index (χ1) is 8.65. The zero-order valence-corrected chi connectivity index (χ0v) is 10.8. The van der Waals surface area contributed by atoms with Crippen molar-refractivity contribution in [1.82, 2.24) is 5.32 Å². The van der Waals surface area contributed by atoms with Gasteiger partial charge in [-0.15, -0.1) is 0 Å². The minimum Gasteiger partial charge on any atom is -0.394 e. The number of carbonyl (C=O) groups excluding carboxylic acids is 1. The molecule has 1 aliphatic heterocycles. The van der Waals surface area contributed by atoms with Crippen LogP contribution in [0.2, 0.25) is 0 Å². The molecule has 0 aromatic rings. The van der Waals surface area contributed by atoms with E-state index in [-0.39, 0.29) is 0 Å². The van der Waals surface area contributed by atoms with Gasteiger partial charge < -0.3 is 35.2 Å². The van der Waals surface area contributed by atoms with Crippen LogP contribution in [0.5, 0.6) is 0 Å². The molecule has 112 valence electrons. The molecule has 0 saturated carbocycles. The van der Waals surface area contributed by atoms with Gasteiger partial charge in [-0.2, -0.15) is 0 Å². The van der Waals surface area contributed by atoms with Crippen LogP contribution in [0.3, 0.4) is 0 Å². The number of aliphatic hydroxyl groups is 3. The molecular formula is C8H16NO9P. The second-order valence-corrected chi connectivity index (χ2v) is 5.22. The molecule has 0 aromatic heterocycles. The number of rotatable bonds is 4. The number of phosphoric acid groups is 1. The Balaban J connectivity index is 2.91. The Morgan fingerprint density at radius 3 is 2.42 bits per heavy atom. The minimum atomic E-state index is -4.95. The topological polar surface area (TPSA) is 166 Å². The molecule has 19 heavy (non-hydrogen) atoms. The summed E-state index contributed by atoms with van der Waals surface area (Å²) in [5.74, 6) is -0.593. The van der Waals surface area contributed by atoms with Gasteiger partial charge in [-0.3, -0.25) is 9.32 Å². The van der Waals surface area contributed by atoms with Crippen LogP contribution < -0.4 is 5.32 Å². The fourth-order valence-corrected chi connectivity index (χ4v) is 2.34. The quantitative estimate of drug-likeness (QED) is 0.297. The fourth-order valence-electron chi connectivity index (χ4n) is 1.76. The number of nitrogens with one attached hydrogen (secondary N) is 1. The van der Waals surface area contributed by atoms with Crippen LogP contribution in [0.25, 0.3) is 0 Å². The number of ether oxygens (including phenoxy) is 1. The molecule has 1 fully saturated rings. The molecule has 0 aromatic carbocycles. The van der Waals surface area contributed by atoms with Gasteiger partial charge in [0.15, 0.2) is 6.29 Å². The number of phosphoric ester groups is 1. The van der Waals surface area contributed by atoms with Gasteiger partial charge >= 0.3 is 7.82 Å². The van der Waals surface area contributed by atoms with Gasteiger partial charge in [0.1, 0.15) is 24.4 Å². The molecule has 1 aliphatic rings. The maximum atomic E-state index is 10.9. The molecule has 1 saturated heterocycles. The van der Waals surface area contributed by atoms with E-state index in [0.29, 0.717) is 0 Å². The lowest BCUT2D eigenvalue weighted by Gasteiger charge is -2.41. The van der Waals surface area contributed by atoms with Crippen LogP contribution in [0, 0.1) is 0 Å². The molecule has 1 rings (SSSR count). The largest absolute Gasteiger partial charge is 0.470 e. The number of amides is 1. The van der Waals surface area contributed by atoms with Gasteiger partial charge in [-0.05, 0) is 0 Å². The third kappa shape index (κ3) is 4.48. The summed E-state index contributed by atoms with van der Waals surface area (Å²) in [5.41, 5.74) is 0. The Labute approximate surface area is 108 Å². The lowest BCUT2D eigenvalue weighted by Crippen LogP contribution is -2.64. The lowest BCUT2D eigenvalue weighted by atomic mass is 9.97. The zero-order valence-electron chi connectivity index (χ0n) is 9.91. The Bertz CT molecular complexity index is 371. The number of carbonyl (C=O) groups is 1. The highest BCUT2D eigenvalue weighted by molar-refractivity contribution is 7.46. The van der Waals surface area contributed by atoms with E-state index in [1.165, 1.54) is 0 Å². The zero-order chi connectivity index (χ0) is 14.8. The molecule has 0 aliphatic carbocycles. The second kappa shape index (κ2) is 6.25. The van der Waals surface area contributed by atoms with Crippen LogP contribution in [0.4, 0.5) is 0 Å². The highest BCUT2D eigenvalue weighted by atomic mass is 31.2. The van der Waals surface area contributed by atoms with Crippen molar-refractivity contribution < 1.29 is 43.7 Å². The summed E-state index contributed by atoms with van der Waals surface area (Å²) in [6.45, 7) is 0.377. The van der Waals surface area contributed by atoms with Crippen molar-refractivity contribution in [2.24, 2.45) is 0 Å². The smallest absolute Gasteiger partial charge is 0.394 e. The maximum absolute atomic E-state index is 10.9. The van der Waals surface area contributed by atoms with E-state index in [0.717, 1.165) is 6.92 Å². The summed E-state index contributed by atoms with van der Waals surface area (Å²) in [6, 6.07) is -1.34. The molecule has 0 unspecified atom stereocenters. The van der Waals surface area contributed by atoms with Gasteiger partial charge in [-0.25, -0.2) is 4.57 Å². The molecule has 10 nitrogen and oxygen atoms in total. The maximum Gasteiger partial charge on any atom is 0.470 e. The van der Waals surface area contributed by atoms with Crippen molar-refractivity contribution in [3.63, 3.8) is 0 Å². The third-order valence-corrected chi connectivity index (χ3v) is 3.02. The average Bonchev–Trinajstić information content (AvgIpc) is 2.26. The van der Waals surface area contributed by atoms with E-state index in [1.807, 2.05) is 0 Å². The van der Waals surface area contributed by atoms with Crippen LogP contribution in [0.15, 0.2) is 0 Å². The predicted octanol–water partition coefficient (Wildman–Crippen LogP) is -2.96. The molecule has 0 bridgehead atoms. The number of hydrogen-bond donors (Lipinski definition) is 6. The molecule has 1 amide bonds. The minimum absolute atomic E-state index is 0.593. The van der Waals surface area contributed by atoms with E-state index < -0.39 is 51.0 Å². The van der Waals surface area contributed by atoms with E-state index in [2.05, 4.69) is 9.84 Å². The summed E-state index contributed by atoms with van der Waals surface area (Å²) in [5, 5.41) is 30.6. The Morgan fingerprint density at radius 1 is 1.42 bits per heavy atom. The molecular weight excluding hydrogens is 285 g/mol. The highest BCUT2D eigenvalue weighted by Crippen LogP contribution is 2.41. The van der Waals surface area contributed by atoms with E-state index in [1.54, 1.807) is 0 Å². The third-order valence-electron chi connectivity index (χ3n) is 2.50. The van der Waals surface area contributed by atoms with Crippen molar-refractivity contribution in [3.8, 4) is 0 Å². The number of hydrogen-bond acceptors (Lipinski definition) is 7. The van der Waals surface area contributed by atoms with E-state index >= 15 is 0 Å². The normalized spacial score (nSPS) is 36.0. The van der Waals surface area contributed by atoms with Gasteiger partial charge in [0.05, 0.1) is 6.61 Å². The van der Waals surface area contributed by atoms with Crippen molar-refractivity contribution in [2.75, 3.05) is 6.61 Å². The van der Waals surface area contributed by atoms with Crippen molar-refractivity contribution >= 4 is 13.7 Å². The van der Waals surface area contributed by atoms with Gasteiger partial charge in [0, 0.05) is 6.92 Å². The summed E-state index contributed by atoms with van der Waals surface area (Å²) in [4.78, 5) is 28.4. The first kappa shape index (κ1) is 16.5. The molecule has 5 atom stereocenters. The van der Waals surface area contributed by atoms with Gasteiger partial charge in [0.25, 0.3) is 0 Å². The first-order valence-corrected chi connectivity index (χ1v) is 6.82. The first-order valence-electron chi connectivity index (χ1n) is 5.29. The SMILES string of the molecule is CC(=O)N[C@@H]1[C@@H](O)[C@H](OP(=O)(O)O)[C@@H](CO)O[C@@H]1O. The Hall–Kier alpha value is -0.580. The summed E-state index contributed by atoms with van der Waals surface area (Å²) in [6.07, 6.45) is -6.26. The van der Waals surface area contributed by atoms with E-state index in [4.69, 9.17) is 19.6 Å². The molecule has 1 heterocycles. The second-order valence-electron chi connectivity index (χ2n) is 4.03. The predicted molar refractivity (Wildman–Crippen MR) is 58.5 cm³/mol. The van der Waals surface area contributed by atoms with Gasteiger partial charge in [-0.1, -0.05) is 0 Å². The van der Waals surface area contributed by atoms with Crippen LogP contribution >= 0.6 is 7.82 Å². The molecule has 0 radical (unpaired) electrons. The molecule has 0 spiro atoms. The van der Waals surface area contributed by atoms with Crippen LogP contribution in [-0.4, -0.2) is 68.3 Å². The van der Waals surface area contributed by atoms with E-state index in [9.17, 15) is 19.6 Å². The highest BCUT2D eigenvalue weighted by Gasteiger charge is 2.47. The van der Waals surface area contributed by atoms with Crippen molar-refractivity contribution in [1.29, 1.82) is 0 Å². The lowest BCUT2D eigenvalue weighted by molar-refractivity contribution is -0.250. The fraction of sp³-hybridized carbons (Fsp3) is 0.875. The van der Waals surface area contributed by atoms with Crippen LogP contribution in [0.1, 0.15) is 6.92 Å². The summed E-state index contributed by atoms with van der Waals surface area (Å²) < 4.78 is 20.0. The number of aliphatic hydroxyl groups excluding tert-OH is 3. The monoisotopic (exact) mass is 301 g/mol. The van der Waals surface area contributed by atoms with Crippen molar-refractivity contribution in [2.45, 2.75) is 37.6 Å². The summed E-state index contributed by atoms with van der Waals surface area (Å²) >= 11 is 0. The Kier molecular flexibility index (Phi) is 5.42. The van der Waals surface area contributed by atoms with Gasteiger partial charge in [0.2, 0.25) is 5.91 Å². The van der Waals surface area contributed by atoms with Crippen molar-refractivity contribution in [3.05, 3.63) is 0 Å². The molecule has 6 N–H and O–H groups in total. The average molecular weight is 301 g/mol. The Morgan fingerprint density at radius 2 is 2.00 bits per heavy atom.